The first-order chi connectivity index (χ1) is 15.5. The van der Waals surface area contributed by atoms with Crippen LogP contribution in [0.5, 0.6) is 0 Å². The minimum absolute atomic E-state index is 0.281. The number of hydrogen-bond acceptors (Lipinski definition) is 3. The maximum absolute atomic E-state index is 12.5. The van der Waals surface area contributed by atoms with Gasteiger partial charge >= 0.3 is 12.0 Å². The van der Waals surface area contributed by atoms with E-state index in [1.54, 1.807) is 42.5 Å². The molecule has 0 saturated heterocycles. The van der Waals surface area contributed by atoms with Crippen molar-refractivity contribution in [2.45, 2.75) is 13.1 Å². The van der Waals surface area contributed by atoms with Crippen LogP contribution < -0.4 is 16.0 Å². The van der Waals surface area contributed by atoms with Gasteiger partial charge in [0.15, 0.2) is 0 Å². The lowest BCUT2D eigenvalue weighted by Crippen LogP contribution is -2.28. The van der Waals surface area contributed by atoms with Crippen molar-refractivity contribution in [3.63, 3.8) is 0 Å². The van der Waals surface area contributed by atoms with Crippen molar-refractivity contribution < 1.29 is 19.5 Å². The van der Waals surface area contributed by atoms with E-state index in [0.29, 0.717) is 17.8 Å². The Hall–Kier alpha value is -4.39. The highest BCUT2D eigenvalue weighted by molar-refractivity contribution is 5.96. The summed E-state index contributed by atoms with van der Waals surface area (Å²) >= 11 is 0. The molecule has 0 unspecified atom stereocenters. The Labute approximate surface area is 185 Å². The number of hydrogen-bond donors (Lipinski definition) is 4. The maximum atomic E-state index is 12.5. The van der Waals surface area contributed by atoms with Crippen molar-refractivity contribution in [3.05, 3.63) is 107 Å². The third kappa shape index (κ3) is 7.14. The summed E-state index contributed by atoms with van der Waals surface area (Å²) in [6.45, 7) is 0.677. The Morgan fingerprint density at radius 3 is 2.28 bits per heavy atom. The van der Waals surface area contributed by atoms with Gasteiger partial charge in [-0.05, 0) is 47.0 Å². The van der Waals surface area contributed by atoms with E-state index in [-0.39, 0.29) is 18.5 Å². The summed E-state index contributed by atoms with van der Waals surface area (Å²) in [7, 11) is 0. The van der Waals surface area contributed by atoms with Gasteiger partial charge in [-0.25, -0.2) is 9.59 Å². The van der Waals surface area contributed by atoms with Crippen LogP contribution in [0.4, 0.5) is 10.5 Å². The van der Waals surface area contributed by atoms with Crippen LogP contribution >= 0.6 is 0 Å². The number of carboxylic acid groups (broad SMARTS) is 1. The van der Waals surface area contributed by atoms with Crippen LogP contribution in [0, 0.1) is 0 Å². The van der Waals surface area contributed by atoms with Crippen molar-refractivity contribution >= 4 is 29.7 Å². The molecule has 162 valence electrons. The van der Waals surface area contributed by atoms with Gasteiger partial charge in [-0.2, -0.15) is 0 Å². The molecule has 0 saturated carbocycles. The van der Waals surface area contributed by atoms with Gasteiger partial charge in [0.25, 0.3) is 5.91 Å². The predicted octanol–water partition coefficient (Wildman–Crippen LogP) is 4.04. The highest BCUT2D eigenvalue weighted by Gasteiger charge is 2.08. The highest BCUT2D eigenvalue weighted by Crippen LogP contribution is 2.12. The Kier molecular flexibility index (Phi) is 7.75. The molecule has 0 aliphatic rings. The quantitative estimate of drug-likeness (QED) is 0.405. The monoisotopic (exact) mass is 429 g/mol. The van der Waals surface area contributed by atoms with E-state index < -0.39 is 5.97 Å². The molecule has 3 aromatic rings. The second-order valence-electron chi connectivity index (χ2n) is 6.97. The van der Waals surface area contributed by atoms with Crippen LogP contribution in [0.1, 0.15) is 27.0 Å². The molecule has 0 spiro atoms. The van der Waals surface area contributed by atoms with Gasteiger partial charge < -0.3 is 21.1 Å². The van der Waals surface area contributed by atoms with Gasteiger partial charge in [0.1, 0.15) is 0 Å². The summed E-state index contributed by atoms with van der Waals surface area (Å²) < 4.78 is 0. The summed E-state index contributed by atoms with van der Waals surface area (Å²) in [6, 6.07) is 23.1. The van der Waals surface area contributed by atoms with Crippen LogP contribution in [0.2, 0.25) is 0 Å². The molecule has 0 aliphatic carbocycles. The van der Waals surface area contributed by atoms with Crippen molar-refractivity contribution in [1.82, 2.24) is 10.6 Å². The SMILES string of the molecule is O=C(O)C=Cc1cccc(CNC(=O)c2cccc(NC(=O)NCc3ccccc3)c2)c1. The number of nitrogens with one attached hydrogen (secondary N) is 3. The van der Waals surface area contributed by atoms with Crippen LogP contribution in [-0.2, 0) is 17.9 Å². The Balaban J connectivity index is 1.54. The molecule has 0 radical (unpaired) electrons. The summed E-state index contributed by atoms with van der Waals surface area (Å²) in [5.41, 5.74) is 3.46. The first kappa shape index (κ1) is 22.3. The molecule has 0 atom stereocenters. The van der Waals surface area contributed by atoms with E-state index in [4.69, 9.17) is 5.11 Å². The fourth-order valence-corrected chi connectivity index (χ4v) is 2.95. The van der Waals surface area contributed by atoms with Gasteiger partial charge in [-0.3, -0.25) is 4.79 Å². The zero-order chi connectivity index (χ0) is 22.8. The third-order valence-electron chi connectivity index (χ3n) is 4.50. The Bertz CT molecular complexity index is 1130. The second kappa shape index (κ2) is 11.1. The van der Waals surface area contributed by atoms with Gasteiger partial charge in [0.2, 0.25) is 0 Å². The van der Waals surface area contributed by atoms with E-state index in [1.165, 1.54) is 6.08 Å². The second-order valence-corrected chi connectivity index (χ2v) is 6.97. The third-order valence-corrected chi connectivity index (χ3v) is 4.50. The molecule has 32 heavy (non-hydrogen) atoms. The highest BCUT2D eigenvalue weighted by atomic mass is 16.4. The number of aliphatic carboxylic acids is 1. The average molecular weight is 429 g/mol. The number of rotatable bonds is 8. The van der Waals surface area contributed by atoms with Gasteiger partial charge in [-0.15, -0.1) is 0 Å². The number of amides is 3. The smallest absolute Gasteiger partial charge is 0.328 e. The summed E-state index contributed by atoms with van der Waals surface area (Å²) in [4.78, 5) is 35.3. The zero-order valence-corrected chi connectivity index (χ0v) is 17.2. The molecule has 0 heterocycles. The maximum Gasteiger partial charge on any atom is 0.328 e. The molecule has 7 heteroatoms. The first-order valence-corrected chi connectivity index (χ1v) is 9.96. The average Bonchev–Trinajstić information content (AvgIpc) is 2.81. The molecule has 0 aromatic heterocycles. The zero-order valence-electron chi connectivity index (χ0n) is 17.2. The molecule has 0 fully saturated rings. The molecule has 0 bridgehead atoms. The minimum atomic E-state index is -1.02. The van der Waals surface area contributed by atoms with Gasteiger partial charge in [-0.1, -0.05) is 54.6 Å². The van der Waals surface area contributed by atoms with E-state index in [9.17, 15) is 14.4 Å². The van der Waals surface area contributed by atoms with Gasteiger partial charge in [0, 0.05) is 30.4 Å². The molecule has 4 N–H and O–H groups in total. The minimum Gasteiger partial charge on any atom is -0.478 e. The van der Waals surface area contributed by atoms with Gasteiger partial charge in [0.05, 0.1) is 0 Å². The summed E-state index contributed by atoms with van der Waals surface area (Å²) in [6.07, 6.45) is 2.55. The fourth-order valence-electron chi connectivity index (χ4n) is 2.95. The molecule has 0 aliphatic heterocycles. The Morgan fingerprint density at radius 2 is 1.50 bits per heavy atom. The molecule has 3 aromatic carbocycles. The van der Waals surface area contributed by atoms with E-state index in [2.05, 4.69) is 16.0 Å². The number of anilines is 1. The molecule has 3 rings (SSSR count). The number of carbonyl (C=O) groups excluding carboxylic acids is 2. The van der Waals surface area contributed by atoms with Crippen molar-refractivity contribution in [2.24, 2.45) is 0 Å². The van der Waals surface area contributed by atoms with Crippen LogP contribution in [0.3, 0.4) is 0 Å². The predicted molar refractivity (Wildman–Crippen MR) is 123 cm³/mol. The van der Waals surface area contributed by atoms with Crippen molar-refractivity contribution in [3.8, 4) is 0 Å². The van der Waals surface area contributed by atoms with E-state index in [1.807, 2.05) is 36.4 Å². The van der Waals surface area contributed by atoms with Crippen molar-refractivity contribution in [1.29, 1.82) is 0 Å². The first-order valence-electron chi connectivity index (χ1n) is 9.96. The molecule has 7 nitrogen and oxygen atoms in total. The molecule has 3 amide bonds. The lowest BCUT2D eigenvalue weighted by molar-refractivity contribution is -0.131. The summed E-state index contributed by atoms with van der Waals surface area (Å²) in [5, 5.41) is 17.1. The number of benzene rings is 3. The fraction of sp³-hybridized carbons (Fsp3) is 0.0800. The van der Waals surface area contributed by atoms with Crippen LogP contribution in [0.25, 0.3) is 6.08 Å². The molecular weight excluding hydrogens is 406 g/mol. The van der Waals surface area contributed by atoms with E-state index in [0.717, 1.165) is 22.8 Å². The Morgan fingerprint density at radius 1 is 0.781 bits per heavy atom. The largest absolute Gasteiger partial charge is 0.478 e. The van der Waals surface area contributed by atoms with Crippen LogP contribution in [0.15, 0.2) is 84.9 Å². The topological polar surface area (TPSA) is 108 Å². The van der Waals surface area contributed by atoms with Crippen molar-refractivity contribution in [2.75, 3.05) is 5.32 Å². The van der Waals surface area contributed by atoms with Crippen LogP contribution in [-0.4, -0.2) is 23.0 Å². The normalized spacial score (nSPS) is 10.5. The molecular formula is C25H23N3O4. The summed E-state index contributed by atoms with van der Waals surface area (Å²) in [5.74, 6) is -1.31. The standard InChI is InChI=1S/C25H23N3O4/c29-23(30)13-12-18-8-4-9-20(14-18)17-26-24(31)21-10-5-11-22(15-21)28-25(32)27-16-19-6-2-1-3-7-19/h1-15H,16-17H2,(H,26,31)(H,29,30)(H2,27,28,32). The lowest BCUT2D eigenvalue weighted by atomic mass is 10.1. The van der Waals surface area contributed by atoms with E-state index >= 15 is 0 Å². The lowest BCUT2D eigenvalue weighted by Gasteiger charge is -2.10. The number of urea groups is 1. The number of carboxylic acids is 1. The number of carbonyl (C=O) groups is 3.